The van der Waals surface area contributed by atoms with Gasteiger partial charge in [-0.25, -0.2) is 0 Å². The summed E-state index contributed by atoms with van der Waals surface area (Å²) in [6, 6.07) is 6.58. The normalized spacial score (nSPS) is 15.0. The number of methoxy groups -OCH3 is 1. The molecular formula is C16H21N3O2. The van der Waals surface area contributed by atoms with Gasteiger partial charge in [-0.1, -0.05) is 18.2 Å². The lowest BCUT2D eigenvalue weighted by Crippen LogP contribution is -2.22. The molecule has 112 valence electrons. The lowest BCUT2D eigenvalue weighted by atomic mass is 9.98. The molecule has 1 aromatic carbocycles. The highest BCUT2D eigenvalue weighted by Crippen LogP contribution is 2.32. The second-order valence-corrected chi connectivity index (χ2v) is 5.16. The number of hydrogen-bond donors (Lipinski definition) is 1. The van der Waals surface area contributed by atoms with E-state index in [1.807, 2.05) is 11.7 Å². The topological polar surface area (TPSA) is 48.3 Å². The minimum Gasteiger partial charge on any atom is -0.493 e. The SMILES string of the molecule is CCn1ncc(OC)c1C(NC)c1ccc2c(c1)COC2. The van der Waals surface area contributed by atoms with Gasteiger partial charge in [0.1, 0.15) is 5.69 Å². The van der Waals surface area contributed by atoms with Gasteiger partial charge in [-0.15, -0.1) is 0 Å². The lowest BCUT2D eigenvalue weighted by molar-refractivity contribution is 0.134. The fourth-order valence-corrected chi connectivity index (χ4v) is 2.91. The van der Waals surface area contributed by atoms with Crippen LogP contribution in [-0.4, -0.2) is 23.9 Å². The van der Waals surface area contributed by atoms with Crippen molar-refractivity contribution in [3.05, 3.63) is 46.8 Å². The Labute approximate surface area is 124 Å². The molecular weight excluding hydrogens is 266 g/mol. The second-order valence-electron chi connectivity index (χ2n) is 5.16. The predicted molar refractivity (Wildman–Crippen MR) is 80.3 cm³/mol. The van der Waals surface area contributed by atoms with Gasteiger partial charge in [-0.2, -0.15) is 5.10 Å². The maximum Gasteiger partial charge on any atom is 0.161 e. The molecule has 0 fully saturated rings. The summed E-state index contributed by atoms with van der Waals surface area (Å²) >= 11 is 0. The zero-order chi connectivity index (χ0) is 14.8. The van der Waals surface area contributed by atoms with Gasteiger partial charge in [0.15, 0.2) is 5.75 Å². The van der Waals surface area contributed by atoms with Gasteiger partial charge in [-0.05, 0) is 30.7 Å². The fourth-order valence-electron chi connectivity index (χ4n) is 2.91. The van der Waals surface area contributed by atoms with Gasteiger partial charge < -0.3 is 14.8 Å². The maximum atomic E-state index is 5.50. The van der Waals surface area contributed by atoms with Crippen molar-refractivity contribution in [2.45, 2.75) is 32.7 Å². The first-order valence-electron chi connectivity index (χ1n) is 7.24. The molecule has 5 heteroatoms. The first kappa shape index (κ1) is 14.1. The van der Waals surface area contributed by atoms with Crippen LogP contribution in [-0.2, 0) is 24.5 Å². The number of benzene rings is 1. The van der Waals surface area contributed by atoms with Crippen LogP contribution in [0.3, 0.4) is 0 Å². The molecule has 0 aliphatic carbocycles. The van der Waals surface area contributed by atoms with Gasteiger partial charge in [0.25, 0.3) is 0 Å². The molecule has 5 nitrogen and oxygen atoms in total. The highest BCUT2D eigenvalue weighted by atomic mass is 16.5. The Hall–Kier alpha value is -1.85. The van der Waals surface area contributed by atoms with Gasteiger partial charge in [0, 0.05) is 6.54 Å². The molecule has 21 heavy (non-hydrogen) atoms. The highest BCUT2D eigenvalue weighted by molar-refractivity contribution is 5.41. The number of aromatic nitrogens is 2. The molecule has 1 aliphatic rings. The van der Waals surface area contributed by atoms with Gasteiger partial charge >= 0.3 is 0 Å². The van der Waals surface area contributed by atoms with Crippen molar-refractivity contribution in [1.29, 1.82) is 0 Å². The number of fused-ring (bicyclic) bond motifs is 1. The maximum absolute atomic E-state index is 5.50. The van der Waals surface area contributed by atoms with Crippen LogP contribution in [0.4, 0.5) is 0 Å². The molecule has 1 unspecified atom stereocenters. The van der Waals surface area contributed by atoms with E-state index in [-0.39, 0.29) is 6.04 Å². The van der Waals surface area contributed by atoms with E-state index in [0.717, 1.165) is 24.6 Å². The minimum atomic E-state index is 0.0494. The molecule has 1 N–H and O–H groups in total. The van der Waals surface area contributed by atoms with Crippen molar-refractivity contribution in [3.8, 4) is 5.75 Å². The average molecular weight is 287 g/mol. The average Bonchev–Trinajstić information content (AvgIpc) is 3.13. The molecule has 0 spiro atoms. The van der Waals surface area contributed by atoms with Crippen LogP contribution in [0.1, 0.15) is 35.3 Å². The minimum absolute atomic E-state index is 0.0494. The Balaban J connectivity index is 2.04. The number of nitrogens with one attached hydrogen (secondary N) is 1. The van der Waals surface area contributed by atoms with Crippen LogP contribution in [0.2, 0.25) is 0 Å². The van der Waals surface area contributed by atoms with Crippen molar-refractivity contribution in [2.24, 2.45) is 0 Å². The summed E-state index contributed by atoms with van der Waals surface area (Å²) in [6.07, 6.45) is 1.78. The third-order valence-corrected chi connectivity index (χ3v) is 4.01. The van der Waals surface area contributed by atoms with Gasteiger partial charge in [0.2, 0.25) is 0 Å². The van der Waals surface area contributed by atoms with Crippen LogP contribution < -0.4 is 10.1 Å². The summed E-state index contributed by atoms with van der Waals surface area (Å²) in [7, 11) is 3.64. The molecule has 0 saturated carbocycles. The molecule has 1 aromatic heterocycles. The van der Waals surface area contributed by atoms with E-state index < -0.39 is 0 Å². The number of hydrogen-bond acceptors (Lipinski definition) is 4. The third-order valence-electron chi connectivity index (χ3n) is 4.01. The molecule has 1 atom stereocenters. The number of nitrogens with zero attached hydrogens (tertiary/aromatic N) is 2. The Bertz CT molecular complexity index is 615. The quantitative estimate of drug-likeness (QED) is 0.916. The van der Waals surface area contributed by atoms with Crippen molar-refractivity contribution in [3.63, 3.8) is 0 Å². The Kier molecular flexibility index (Phi) is 3.94. The van der Waals surface area contributed by atoms with E-state index >= 15 is 0 Å². The fraction of sp³-hybridized carbons (Fsp3) is 0.438. The third kappa shape index (κ3) is 2.43. The van der Waals surface area contributed by atoms with Gasteiger partial charge in [0.05, 0.1) is 32.6 Å². The summed E-state index contributed by atoms with van der Waals surface area (Å²) in [5.41, 5.74) is 4.82. The van der Waals surface area contributed by atoms with E-state index in [1.54, 1.807) is 13.3 Å². The summed E-state index contributed by atoms with van der Waals surface area (Å²) in [5, 5.41) is 7.78. The van der Waals surface area contributed by atoms with E-state index in [0.29, 0.717) is 6.61 Å². The standard InChI is InChI=1S/C16H21N3O2/c1-4-19-16(14(20-3)8-18-19)15(17-2)11-5-6-12-9-21-10-13(12)7-11/h5-8,15,17H,4,9-10H2,1-3H3. The molecule has 0 amide bonds. The van der Waals surface area contributed by atoms with E-state index in [9.17, 15) is 0 Å². The second kappa shape index (κ2) is 5.87. The summed E-state index contributed by atoms with van der Waals surface area (Å²) in [5.74, 6) is 0.813. The van der Waals surface area contributed by atoms with Crippen LogP contribution in [0.15, 0.2) is 24.4 Å². The smallest absolute Gasteiger partial charge is 0.161 e. The van der Waals surface area contributed by atoms with Crippen LogP contribution >= 0.6 is 0 Å². The molecule has 1 aliphatic heterocycles. The zero-order valence-corrected chi connectivity index (χ0v) is 12.7. The number of rotatable bonds is 5. The molecule has 0 saturated heterocycles. The predicted octanol–water partition coefficient (Wildman–Crippen LogP) is 2.25. The Morgan fingerprint density at radius 3 is 2.90 bits per heavy atom. The number of ether oxygens (including phenoxy) is 2. The molecule has 2 aromatic rings. The van der Waals surface area contributed by atoms with Crippen molar-refractivity contribution in [2.75, 3.05) is 14.2 Å². The van der Waals surface area contributed by atoms with Crippen molar-refractivity contribution >= 4 is 0 Å². The van der Waals surface area contributed by atoms with E-state index in [1.165, 1.54) is 16.7 Å². The highest BCUT2D eigenvalue weighted by Gasteiger charge is 2.23. The van der Waals surface area contributed by atoms with E-state index in [4.69, 9.17) is 9.47 Å². The molecule has 0 radical (unpaired) electrons. The Morgan fingerprint density at radius 2 is 2.19 bits per heavy atom. The zero-order valence-electron chi connectivity index (χ0n) is 12.7. The summed E-state index contributed by atoms with van der Waals surface area (Å²) in [4.78, 5) is 0. The van der Waals surface area contributed by atoms with E-state index in [2.05, 4.69) is 35.5 Å². The lowest BCUT2D eigenvalue weighted by Gasteiger charge is -2.20. The van der Waals surface area contributed by atoms with Crippen LogP contribution in [0.5, 0.6) is 5.75 Å². The molecule has 0 bridgehead atoms. The summed E-state index contributed by atoms with van der Waals surface area (Å²) in [6.45, 7) is 4.31. The molecule has 3 rings (SSSR count). The largest absolute Gasteiger partial charge is 0.493 e. The van der Waals surface area contributed by atoms with Gasteiger partial charge in [-0.3, -0.25) is 4.68 Å². The molecule has 2 heterocycles. The number of aryl methyl sites for hydroxylation is 1. The van der Waals surface area contributed by atoms with Crippen LogP contribution in [0.25, 0.3) is 0 Å². The van der Waals surface area contributed by atoms with Crippen LogP contribution in [0, 0.1) is 0 Å². The summed E-state index contributed by atoms with van der Waals surface area (Å²) < 4.78 is 13.0. The van der Waals surface area contributed by atoms with Crippen molar-refractivity contribution < 1.29 is 9.47 Å². The Morgan fingerprint density at radius 1 is 1.38 bits per heavy atom. The first-order valence-corrected chi connectivity index (χ1v) is 7.24. The van der Waals surface area contributed by atoms with Crippen molar-refractivity contribution in [1.82, 2.24) is 15.1 Å². The first-order chi connectivity index (χ1) is 10.3. The monoisotopic (exact) mass is 287 g/mol.